The van der Waals surface area contributed by atoms with E-state index in [4.69, 9.17) is 4.74 Å². The summed E-state index contributed by atoms with van der Waals surface area (Å²) in [6.45, 7) is 1.72. The summed E-state index contributed by atoms with van der Waals surface area (Å²) in [5, 5.41) is 5.38. The molecule has 0 radical (unpaired) electrons. The van der Waals surface area contributed by atoms with E-state index in [9.17, 15) is 18.0 Å². The smallest absolute Gasteiger partial charge is 0.411 e. The fraction of sp³-hybridized carbons (Fsp3) is 0.579. The molecule has 0 spiro atoms. The van der Waals surface area contributed by atoms with Gasteiger partial charge in [-0.15, -0.1) is 0 Å². The van der Waals surface area contributed by atoms with Crippen LogP contribution in [0, 0.1) is 5.92 Å². The highest BCUT2D eigenvalue weighted by molar-refractivity contribution is 7.89. The van der Waals surface area contributed by atoms with Crippen LogP contribution in [-0.4, -0.2) is 64.2 Å². The van der Waals surface area contributed by atoms with Crippen LogP contribution in [0.1, 0.15) is 25.7 Å². The first-order valence-corrected chi connectivity index (χ1v) is 11.2. The van der Waals surface area contributed by atoms with Gasteiger partial charge in [-0.2, -0.15) is 4.31 Å². The molecule has 2 saturated heterocycles. The molecular formula is C19H27N3O6S. The van der Waals surface area contributed by atoms with Crippen molar-refractivity contribution in [1.82, 2.24) is 9.62 Å². The Morgan fingerprint density at radius 2 is 1.97 bits per heavy atom. The first kappa shape index (κ1) is 21.5. The van der Waals surface area contributed by atoms with Gasteiger partial charge in [-0.05, 0) is 49.9 Å². The summed E-state index contributed by atoms with van der Waals surface area (Å²) < 4.78 is 37.3. The number of carbonyl (C=O) groups is 2. The number of sulfonamides is 1. The Morgan fingerprint density at radius 1 is 1.21 bits per heavy atom. The molecule has 1 aromatic carbocycles. The fourth-order valence-electron chi connectivity index (χ4n) is 3.57. The molecule has 2 aliphatic rings. The Bertz CT molecular complexity index is 821. The Kier molecular flexibility index (Phi) is 7.09. The van der Waals surface area contributed by atoms with Gasteiger partial charge in [0, 0.05) is 31.9 Å². The molecule has 29 heavy (non-hydrogen) atoms. The highest BCUT2D eigenvalue weighted by Crippen LogP contribution is 2.25. The summed E-state index contributed by atoms with van der Waals surface area (Å²) in [5.41, 5.74) is 0.431. The van der Waals surface area contributed by atoms with Crippen molar-refractivity contribution in [3.05, 3.63) is 24.3 Å². The zero-order valence-electron chi connectivity index (χ0n) is 16.4. The molecule has 2 aliphatic heterocycles. The Hall–Kier alpha value is -2.17. The molecule has 160 valence electrons. The minimum absolute atomic E-state index is 0.0551. The van der Waals surface area contributed by atoms with Crippen molar-refractivity contribution in [1.29, 1.82) is 0 Å². The van der Waals surface area contributed by atoms with Gasteiger partial charge < -0.3 is 14.8 Å². The van der Waals surface area contributed by atoms with Crippen molar-refractivity contribution in [2.75, 3.05) is 38.7 Å². The summed E-state index contributed by atoms with van der Waals surface area (Å²) in [4.78, 5) is 23.9. The second-order valence-corrected chi connectivity index (χ2v) is 9.16. The van der Waals surface area contributed by atoms with Crippen molar-refractivity contribution in [2.45, 2.75) is 36.7 Å². The number of amides is 2. The number of rotatable bonds is 6. The van der Waals surface area contributed by atoms with Crippen LogP contribution in [0.4, 0.5) is 10.5 Å². The molecule has 0 saturated carbocycles. The molecule has 0 aliphatic carbocycles. The lowest BCUT2D eigenvalue weighted by Crippen LogP contribution is -2.46. The van der Waals surface area contributed by atoms with Gasteiger partial charge in [-0.25, -0.2) is 13.2 Å². The summed E-state index contributed by atoms with van der Waals surface area (Å²) in [6.07, 6.45) is 2.65. The first-order valence-electron chi connectivity index (χ1n) is 9.74. The number of hydrogen-bond donors (Lipinski definition) is 2. The third-order valence-electron chi connectivity index (χ3n) is 5.21. The maximum atomic E-state index is 13.0. The van der Waals surface area contributed by atoms with Crippen molar-refractivity contribution < 1.29 is 27.5 Å². The molecule has 10 heteroatoms. The van der Waals surface area contributed by atoms with Crippen LogP contribution in [0.25, 0.3) is 0 Å². The largest absolute Gasteiger partial charge is 0.453 e. The lowest BCUT2D eigenvalue weighted by atomic mass is 9.99. The second-order valence-electron chi connectivity index (χ2n) is 7.22. The number of methoxy groups -OCH3 is 1. The normalized spacial score (nSPS) is 22.8. The van der Waals surface area contributed by atoms with Gasteiger partial charge in [0.1, 0.15) is 0 Å². The number of piperidine rings is 1. The average molecular weight is 426 g/mol. The van der Waals surface area contributed by atoms with E-state index in [-0.39, 0.29) is 29.4 Å². The van der Waals surface area contributed by atoms with Crippen LogP contribution < -0.4 is 10.6 Å². The van der Waals surface area contributed by atoms with E-state index in [1.54, 1.807) is 0 Å². The summed E-state index contributed by atoms with van der Waals surface area (Å²) in [7, 11) is -2.48. The van der Waals surface area contributed by atoms with Crippen LogP contribution >= 0.6 is 0 Å². The first-order chi connectivity index (χ1) is 13.9. The predicted molar refractivity (Wildman–Crippen MR) is 106 cm³/mol. The van der Waals surface area contributed by atoms with Crippen LogP contribution in [0.15, 0.2) is 29.2 Å². The lowest BCUT2D eigenvalue weighted by Gasteiger charge is -2.31. The number of benzene rings is 1. The van der Waals surface area contributed by atoms with Crippen molar-refractivity contribution in [3.63, 3.8) is 0 Å². The molecule has 1 aromatic rings. The zero-order chi connectivity index (χ0) is 20.9. The third-order valence-corrected chi connectivity index (χ3v) is 7.09. The number of carbonyl (C=O) groups excluding carboxylic acids is 2. The van der Waals surface area contributed by atoms with Crippen LogP contribution in [0.3, 0.4) is 0 Å². The summed E-state index contributed by atoms with van der Waals surface area (Å²) in [5.74, 6) is -0.502. The predicted octanol–water partition coefficient (Wildman–Crippen LogP) is 1.56. The topological polar surface area (TPSA) is 114 Å². The van der Waals surface area contributed by atoms with E-state index in [0.29, 0.717) is 31.6 Å². The van der Waals surface area contributed by atoms with E-state index in [0.717, 1.165) is 19.4 Å². The van der Waals surface area contributed by atoms with E-state index in [1.807, 2.05) is 0 Å². The molecule has 9 nitrogen and oxygen atoms in total. The second kappa shape index (κ2) is 9.55. The molecule has 3 rings (SSSR count). The van der Waals surface area contributed by atoms with Gasteiger partial charge in [0.15, 0.2) is 0 Å². The van der Waals surface area contributed by atoms with Gasteiger partial charge in [-0.3, -0.25) is 10.1 Å². The maximum Gasteiger partial charge on any atom is 0.411 e. The van der Waals surface area contributed by atoms with Crippen LogP contribution in [0.5, 0.6) is 0 Å². The van der Waals surface area contributed by atoms with Gasteiger partial charge in [0.05, 0.1) is 24.0 Å². The molecule has 0 bridgehead atoms. The highest BCUT2D eigenvalue weighted by atomic mass is 32.2. The van der Waals surface area contributed by atoms with E-state index in [2.05, 4.69) is 15.4 Å². The highest BCUT2D eigenvalue weighted by Gasteiger charge is 2.33. The maximum absolute atomic E-state index is 13.0. The Labute approximate surface area is 170 Å². The average Bonchev–Trinajstić information content (AvgIpc) is 3.26. The number of ether oxygens (including phenoxy) is 2. The number of nitrogens with one attached hydrogen (secondary N) is 2. The number of hydrogen-bond acceptors (Lipinski definition) is 6. The molecule has 2 amide bonds. The van der Waals surface area contributed by atoms with Crippen molar-refractivity contribution in [3.8, 4) is 0 Å². The monoisotopic (exact) mass is 425 g/mol. The lowest BCUT2D eigenvalue weighted by molar-refractivity contribution is -0.126. The Morgan fingerprint density at radius 3 is 2.62 bits per heavy atom. The van der Waals surface area contributed by atoms with Crippen LogP contribution in [-0.2, 0) is 24.3 Å². The van der Waals surface area contributed by atoms with E-state index in [1.165, 1.54) is 35.7 Å². The standard InChI is InChI=1S/C19H27N3O6S/c1-27-19(24)21-15-6-8-17(9-7-15)29(25,26)22-10-2-4-14(13-22)18(23)20-12-16-5-3-11-28-16/h6-9,14,16H,2-5,10-13H2,1H3,(H,20,23)(H,21,24)/t14-,16+/m0/s1. The molecule has 2 fully saturated rings. The molecular weight excluding hydrogens is 398 g/mol. The summed E-state index contributed by atoms with van der Waals surface area (Å²) in [6, 6.07) is 5.86. The van der Waals surface area contributed by atoms with Gasteiger partial charge in [-0.1, -0.05) is 0 Å². The number of anilines is 1. The Balaban J connectivity index is 1.60. The molecule has 2 N–H and O–H groups in total. The van der Waals surface area contributed by atoms with E-state index >= 15 is 0 Å². The molecule has 2 heterocycles. The van der Waals surface area contributed by atoms with Gasteiger partial charge in [0.2, 0.25) is 15.9 Å². The van der Waals surface area contributed by atoms with Gasteiger partial charge >= 0.3 is 6.09 Å². The SMILES string of the molecule is COC(=O)Nc1ccc(S(=O)(=O)N2CCC[C@H](C(=O)NC[C@H]3CCCO3)C2)cc1. The van der Waals surface area contributed by atoms with Crippen molar-refractivity contribution in [2.24, 2.45) is 5.92 Å². The molecule has 2 atom stereocenters. The molecule has 0 unspecified atom stereocenters. The van der Waals surface area contributed by atoms with Crippen LogP contribution in [0.2, 0.25) is 0 Å². The zero-order valence-corrected chi connectivity index (χ0v) is 17.2. The summed E-state index contributed by atoms with van der Waals surface area (Å²) >= 11 is 0. The minimum atomic E-state index is -3.73. The van der Waals surface area contributed by atoms with Gasteiger partial charge in [0.25, 0.3) is 0 Å². The van der Waals surface area contributed by atoms with E-state index < -0.39 is 16.1 Å². The minimum Gasteiger partial charge on any atom is -0.453 e. The quantitative estimate of drug-likeness (QED) is 0.715. The number of nitrogens with zero attached hydrogens (tertiary/aromatic N) is 1. The van der Waals surface area contributed by atoms with Crippen molar-refractivity contribution >= 4 is 27.7 Å². The molecule has 0 aromatic heterocycles. The fourth-order valence-corrected chi connectivity index (χ4v) is 5.09. The third kappa shape index (κ3) is 5.46.